The number of hydrogen-bond donors (Lipinski definition) is 2. The van der Waals surface area contributed by atoms with E-state index in [9.17, 15) is 18.8 Å². The number of hydrogen-bond acceptors (Lipinski definition) is 3. The SMILES string of the molecule is CCC[C@]1(c2ccccc2)NC(=O)N(CC(=O)NCc2ccc(F)cc2)C1=O. The van der Waals surface area contributed by atoms with Gasteiger partial charge < -0.3 is 10.6 Å². The molecule has 2 aromatic rings. The molecule has 2 N–H and O–H groups in total. The fourth-order valence-corrected chi connectivity index (χ4v) is 3.38. The van der Waals surface area contributed by atoms with Gasteiger partial charge in [0.05, 0.1) is 0 Å². The Hall–Kier alpha value is -3.22. The molecule has 0 aliphatic carbocycles. The zero-order chi connectivity index (χ0) is 20.1. The van der Waals surface area contributed by atoms with Crippen molar-refractivity contribution in [2.45, 2.75) is 31.8 Å². The molecule has 0 saturated carbocycles. The molecule has 0 unspecified atom stereocenters. The predicted molar refractivity (Wildman–Crippen MR) is 102 cm³/mol. The fraction of sp³-hybridized carbons (Fsp3) is 0.286. The summed E-state index contributed by atoms with van der Waals surface area (Å²) >= 11 is 0. The van der Waals surface area contributed by atoms with Gasteiger partial charge in [-0.1, -0.05) is 55.8 Å². The van der Waals surface area contributed by atoms with Gasteiger partial charge in [-0.3, -0.25) is 14.5 Å². The van der Waals surface area contributed by atoms with Crippen LogP contribution in [0.25, 0.3) is 0 Å². The largest absolute Gasteiger partial charge is 0.350 e. The summed E-state index contributed by atoms with van der Waals surface area (Å²) in [7, 11) is 0. The van der Waals surface area contributed by atoms with Crippen LogP contribution in [-0.4, -0.2) is 29.3 Å². The van der Waals surface area contributed by atoms with Crippen LogP contribution in [0.15, 0.2) is 54.6 Å². The second kappa shape index (κ2) is 8.21. The standard InChI is InChI=1S/C21H22FN3O3/c1-2-12-21(16-6-4-3-5-7-16)19(27)25(20(28)24-21)14-18(26)23-13-15-8-10-17(22)11-9-15/h3-11H,2,12-14H2,1H3,(H,23,26)(H,24,28)/t21-/m1/s1. The van der Waals surface area contributed by atoms with Crippen molar-refractivity contribution in [2.24, 2.45) is 0 Å². The number of imide groups is 1. The Morgan fingerprint density at radius 2 is 1.79 bits per heavy atom. The number of nitrogens with one attached hydrogen (secondary N) is 2. The molecule has 7 heteroatoms. The van der Waals surface area contributed by atoms with Crippen LogP contribution in [0.5, 0.6) is 0 Å². The minimum Gasteiger partial charge on any atom is -0.350 e. The smallest absolute Gasteiger partial charge is 0.325 e. The van der Waals surface area contributed by atoms with E-state index in [1.165, 1.54) is 12.1 Å². The predicted octanol–water partition coefficient (Wildman–Crippen LogP) is 2.69. The van der Waals surface area contributed by atoms with Gasteiger partial charge in [0, 0.05) is 6.54 Å². The van der Waals surface area contributed by atoms with Gasteiger partial charge in [-0.05, 0) is 29.7 Å². The summed E-state index contributed by atoms with van der Waals surface area (Å²) in [6.07, 6.45) is 1.13. The van der Waals surface area contributed by atoms with Gasteiger partial charge in [-0.15, -0.1) is 0 Å². The highest BCUT2D eigenvalue weighted by molar-refractivity contribution is 6.09. The Bertz CT molecular complexity index is 870. The van der Waals surface area contributed by atoms with E-state index in [1.807, 2.05) is 25.1 Å². The molecule has 1 fully saturated rings. The average Bonchev–Trinajstić information content (AvgIpc) is 2.93. The number of rotatable bonds is 7. The Morgan fingerprint density at radius 3 is 2.43 bits per heavy atom. The highest BCUT2D eigenvalue weighted by Crippen LogP contribution is 2.33. The Labute approximate surface area is 162 Å². The Kier molecular flexibility index (Phi) is 5.73. The van der Waals surface area contributed by atoms with Crippen LogP contribution >= 0.6 is 0 Å². The van der Waals surface area contributed by atoms with Crippen molar-refractivity contribution in [3.63, 3.8) is 0 Å². The van der Waals surface area contributed by atoms with Crippen molar-refractivity contribution in [3.05, 3.63) is 71.5 Å². The van der Waals surface area contributed by atoms with Crippen molar-refractivity contribution in [2.75, 3.05) is 6.54 Å². The van der Waals surface area contributed by atoms with Crippen LogP contribution in [-0.2, 0) is 21.7 Å². The lowest BCUT2D eigenvalue weighted by Gasteiger charge is -2.26. The quantitative estimate of drug-likeness (QED) is 0.722. The number of amides is 4. The molecule has 28 heavy (non-hydrogen) atoms. The summed E-state index contributed by atoms with van der Waals surface area (Å²) in [6.45, 7) is 1.74. The van der Waals surface area contributed by atoms with Crippen molar-refractivity contribution in [3.8, 4) is 0 Å². The van der Waals surface area contributed by atoms with Gasteiger partial charge in [0.25, 0.3) is 5.91 Å². The molecule has 1 atom stereocenters. The number of carbonyl (C=O) groups excluding carboxylic acids is 3. The van der Waals surface area contributed by atoms with Crippen molar-refractivity contribution >= 4 is 17.8 Å². The second-order valence-corrected chi connectivity index (χ2v) is 6.75. The number of benzene rings is 2. The summed E-state index contributed by atoms with van der Waals surface area (Å²) in [5.41, 5.74) is 0.269. The minimum absolute atomic E-state index is 0.182. The molecule has 6 nitrogen and oxygen atoms in total. The van der Waals surface area contributed by atoms with Gasteiger partial charge in [0.15, 0.2) is 0 Å². The molecule has 1 aliphatic heterocycles. The van der Waals surface area contributed by atoms with E-state index in [4.69, 9.17) is 0 Å². The number of nitrogens with zero attached hydrogens (tertiary/aromatic N) is 1. The highest BCUT2D eigenvalue weighted by atomic mass is 19.1. The first-order valence-corrected chi connectivity index (χ1v) is 9.17. The molecule has 4 amide bonds. The molecule has 1 heterocycles. The van der Waals surface area contributed by atoms with Crippen LogP contribution in [0.4, 0.5) is 9.18 Å². The number of carbonyl (C=O) groups is 3. The maximum atomic E-state index is 13.1. The van der Waals surface area contributed by atoms with Crippen LogP contribution in [0.1, 0.15) is 30.9 Å². The zero-order valence-electron chi connectivity index (χ0n) is 15.6. The molecule has 0 radical (unpaired) electrons. The van der Waals surface area contributed by atoms with Crippen LogP contribution in [0.3, 0.4) is 0 Å². The average molecular weight is 383 g/mol. The first-order chi connectivity index (χ1) is 13.5. The van der Waals surface area contributed by atoms with Crippen LogP contribution in [0.2, 0.25) is 0 Å². The number of urea groups is 1. The van der Waals surface area contributed by atoms with Gasteiger partial charge in [0.1, 0.15) is 17.9 Å². The molecule has 1 aliphatic rings. The van der Waals surface area contributed by atoms with E-state index in [1.54, 1.807) is 24.3 Å². The highest BCUT2D eigenvalue weighted by Gasteiger charge is 2.52. The molecule has 0 aromatic heterocycles. The first kappa shape index (κ1) is 19.5. The summed E-state index contributed by atoms with van der Waals surface area (Å²) in [6, 6.07) is 14.2. The zero-order valence-corrected chi connectivity index (χ0v) is 15.6. The molecule has 0 bridgehead atoms. The minimum atomic E-state index is -1.15. The number of halogens is 1. The van der Waals surface area contributed by atoms with Crippen molar-refractivity contribution in [1.82, 2.24) is 15.5 Å². The van der Waals surface area contributed by atoms with Gasteiger partial charge in [-0.2, -0.15) is 0 Å². The molecule has 3 rings (SSSR count). The van der Waals surface area contributed by atoms with E-state index in [0.29, 0.717) is 18.4 Å². The van der Waals surface area contributed by atoms with E-state index >= 15 is 0 Å². The molecule has 0 spiro atoms. The van der Waals surface area contributed by atoms with E-state index in [2.05, 4.69) is 10.6 Å². The summed E-state index contributed by atoms with van der Waals surface area (Å²) in [5, 5.41) is 5.44. The summed E-state index contributed by atoms with van der Waals surface area (Å²) < 4.78 is 12.9. The third-order valence-corrected chi connectivity index (χ3v) is 4.77. The second-order valence-electron chi connectivity index (χ2n) is 6.75. The van der Waals surface area contributed by atoms with Crippen LogP contribution < -0.4 is 10.6 Å². The molecule has 1 saturated heterocycles. The summed E-state index contributed by atoms with van der Waals surface area (Å²) in [5.74, 6) is -1.25. The van der Waals surface area contributed by atoms with E-state index in [0.717, 1.165) is 10.5 Å². The monoisotopic (exact) mass is 383 g/mol. The van der Waals surface area contributed by atoms with Gasteiger partial charge in [0.2, 0.25) is 5.91 Å². The first-order valence-electron chi connectivity index (χ1n) is 9.17. The molecule has 146 valence electrons. The van der Waals surface area contributed by atoms with E-state index in [-0.39, 0.29) is 18.9 Å². The molecular weight excluding hydrogens is 361 g/mol. The maximum Gasteiger partial charge on any atom is 0.325 e. The lowest BCUT2D eigenvalue weighted by molar-refractivity contribution is -0.135. The lowest BCUT2D eigenvalue weighted by Crippen LogP contribution is -2.45. The van der Waals surface area contributed by atoms with Gasteiger partial charge >= 0.3 is 6.03 Å². The fourth-order valence-electron chi connectivity index (χ4n) is 3.38. The van der Waals surface area contributed by atoms with Crippen molar-refractivity contribution in [1.29, 1.82) is 0 Å². The van der Waals surface area contributed by atoms with E-state index < -0.39 is 23.4 Å². The van der Waals surface area contributed by atoms with Crippen molar-refractivity contribution < 1.29 is 18.8 Å². The normalized spacial score (nSPS) is 18.9. The third kappa shape index (κ3) is 3.88. The Balaban J connectivity index is 1.70. The van der Waals surface area contributed by atoms with Gasteiger partial charge in [-0.25, -0.2) is 9.18 Å². The lowest BCUT2D eigenvalue weighted by atomic mass is 9.85. The molecule has 2 aromatic carbocycles. The topological polar surface area (TPSA) is 78.5 Å². The maximum absolute atomic E-state index is 13.1. The Morgan fingerprint density at radius 1 is 1.11 bits per heavy atom. The third-order valence-electron chi connectivity index (χ3n) is 4.77. The summed E-state index contributed by atoms with van der Waals surface area (Å²) in [4.78, 5) is 38.8. The molecular formula is C21H22FN3O3. The van der Waals surface area contributed by atoms with Crippen LogP contribution in [0, 0.1) is 5.82 Å².